The van der Waals surface area contributed by atoms with Gasteiger partial charge in [0.05, 0.1) is 0 Å². The highest BCUT2D eigenvalue weighted by Crippen LogP contribution is 2.38. The molecule has 2 fully saturated rings. The fraction of sp³-hybridized carbons (Fsp3) is 0.935. The largest absolute Gasteiger partial charge is 0.462 e. The highest BCUT2D eigenvalue weighted by molar-refractivity contribution is 5.69. The molecule has 37 heavy (non-hydrogen) atoms. The van der Waals surface area contributed by atoms with Gasteiger partial charge in [-0.15, -0.1) is 0 Å². The number of likely N-dealkylation sites (tertiary alicyclic amines) is 2. The average molecular weight is 523 g/mol. The van der Waals surface area contributed by atoms with Gasteiger partial charge in [0.25, 0.3) is 0 Å². The zero-order chi connectivity index (χ0) is 28.1. The van der Waals surface area contributed by atoms with E-state index in [0.29, 0.717) is 12.8 Å². The van der Waals surface area contributed by atoms with E-state index in [1.165, 1.54) is 0 Å². The molecular formula is C31H58N2O4. The average Bonchev–Trinajstić information content (AvgIpc) is 2.83. The summed E-state index contributed by atoms with van der Waals surface area (Å²) in [5, 5.41) is 0. The molecule has 0 saturated carbocycles. The zero-order valence-corrected chi connectivity index (χ0v) is 25.9. The summed E-state index contributed by atoms with van der Waals surface area (Å²) in [5.41, 5.74) is 0.178. The monoisotopic (exact) mass is 522 g/mol. The van der Waals surface area contributed by atoms with Gasteiger partial charge in [-0.05, 0) is 95.2 Å². The Morgan fingerprint density at radius 2 is 0.946 bits per heavy atom. The van der Waals surface area contributed by atoms with E-state index in [4.69, 9.17) is 9.47 Å². The second-order valence-corrected chi connectivity index (χ2v) is 14.4. The number of piperidine rings is 1. The standard InChI is InChI=1S/C31H58N2O4/c1-28(2)20-19-24(21-29(3,4)32(28)9)36-26(34)17-15-13-11-12-14-16-18-27(35)37-25-22-30(5,6)33(10)31(7,8)23-25/h24-25H,11-23H2,1-10H3. The van der Waals surface area contributed by atoms with Crippen molar-refractivity contribution in [2.45, 2.75) is 173 Å². The minimum Gasteiger partial charge on any atom is -0.462 e. The van der Waals surface area contributed by atoms with E-state index in [9.17, 15) is 9.59 Å². The molecule has 2 aliphatic heterocycles. The van der Waals surface area contributed by atoms with Crippen molar-refractivity contribution in [3.05, 3.63) is 0 Å². The van der Waals surface area contributed by atoms with Crippen LogP contribution in [0.2, 0.25) is 0 Å². The number of carbonyl (C=O) groups is 2. The first-order valence-electron chi connectivity index (χ1n) is 14.8. The van der Waals surface area contributed by atoms with Gasteiger partial charge >= 0.3 is 11.9 Å². The van der Waals surface area contributed by atoms with Crippen LogP contribution in [0.5, 0.6) is 0 Å². The molecule has 2 aliphatic rings. The van der Waals surface area contributed by atoms with Crippen LogP contribution < -0.4 is 0 Å². The van der Waals surface area contributed by atoms with Crippen molar-refractivity contribution in [3.8, 4) is 0 Å². The Labute approximate surface area is 228 Å². The van der Waals surface area contributed by atoms with E-state index in [1.54, 1.807) is 0 Å². The normalized spacial score (nSPS) is 25.8. The molecule has 6 nitrogen and oxygen atoms in total. The molecule has 2 saturated heterocycles. The molecule has 0 amide bonds. The van der Waals surface area contributed by atoms with Crippen molar-refractivity contribution in [2.75, 3.05) is 14.1 Å². The maximum absolute atomic E-state index is 12.5. The van der Waals surface area contributed by atoms with E-state index in [-0.39, 0.29) is 46.3 Å². The number of hydrogen-bond donors (Lipinski definition) is 0. The lowest BCUT2D eigenvalue weighted by Crippen LogP contribution is -2.60. The van der Waals surface area contributed by atoms with E-state index >= 15 is 0 Å². The molecule has 0 radical (unpaired) electrons. The minimum absolute atomic E-state index is 0.00455. The molecule has 0 bridgehead atoms. The Balaban J connectivity index is 1.56. The number of esters is 2. The molecule has 6 heteroatoms. The van der Waals surface area contributed by atoms with Crippen LogP contribution in [0.15, 0.2) is 0 Å². The summed E-state index contributed by atoms with van der Waals surface area (Å²) in [5.74, 6) is -0.105. The van der Waals surface area contributed by atoms with Crippen molar-refractivity contribution in [1.29, 1.82) is 0 Å². The number of unbranched alkanes of at least 4 members (excludes halogenated alkanes) is 5. The highest BCUT2D eigenvalue weighted by atomic mass is 16.5. The molecule has 0 aromatic heterocycles. The molecule has 0 aromatic carbocycles. The number of carbonyl (C=O) groups excluding carboxylic acids is 2. The fourth-order valence-electron chi connectivity index (χ4n) is 6.50. The SMILES string of the molecule is CN1C(C)(C)CCC(OC(=O)CCCCCCCCC(=O)OC2CC(C)(C)N(C)C(C)(C)C2)CC1(C)C. The van der Waals surface area contributed by atoms with Crippen LogP contribution >= 0.6 is 0 Å². The maximum Gasteiger partial charge on any atom is 0.306 e. The van der Waals surface area contributed by atoms with E-state index in [0.717, 1.165) is 70.6 Å². The first-order valence-corrected chi connectivity index (χ1v) is 14.8. The Hall–Kier alpha value is -1.14. The zero-order valence-electron chi connectivity index (χ0n) is 25.9. The second-order valence-electron chi connectivity index (χ2n) is 14.4. The number of ether oxygens (including phenoxy) is 2. The Morgan fingerprint density at radius 1 is 0.595 bits per heavy atom. The topological polar surface area (TPSA) is 59.1 Å². The first-order chi connectivity index (χ1) is 17.0. The van der Waals surface area contributed by atoms with Crippen molar-refractivity contribution in [2.24, 2.45) is 0 Å². The van der Waals surface area contributed by atoms with Crippen LogP contribution in [0.3, 0.4) is 0 Å². The number of hydrogen-bond acceptors (Lipinski definition) is 6. The molecular weight excluding hydrogens is 464 g/mol. The summed E-state index contributed by atoms with van der Waals surface area (Å²) < 4.78 is 11.8. The predicted molar refractivity (Wildman–Crippen MR) is 152 cm³/mol. The molecule has 0 N–H and O–H groups in total. The lowest BCUT2D eigenvalue weighted by atomic mass is 9.79. The summed E-state index contributed by atoms with van der Waals surface area (Å²) in [7, 11) is 4.35. The van der Waals surface area contributed by atoms with Gasteiger partial charge in [0.1, 0.15) is 12.2 Å². The van der Waals surface area contributed by atoms with Crippen LogP contribution in [-0.2, 0) is 19.1 Å². The van der Waals surface area contributed by atoms with Crippen molar-refractivity contribution in [1.82, 2.24) is 9.80 Å². The molecule has 2 rings (SSSR count). The third-order valence-corrected chi connectivity index (χ3v) is 9.50. The van der Waals surface area contributed by atoms with Gasteiger partial charge in [-0.1, -0.05) is 25.7 Å². The van der Waals surface area contributed by atoms with Crippen LogP contribution in [0.4, 0.5) is 0 Å². The van der Waals surface area contributed by atoms with Crippen LogP contribution in [0.25, 0.3) is 0 Å². The third-order valence-electron chi connectivity index (χ3n) is 9.50. The Bertz CT molecular complexity index is 740. The van der Waals surface area contributed by atoms with Crippen LogP contribution in [0, 0.1) is 0 Å². The summed E-state index contributed by atoms with van der Waals surface area (Å²) in [6.07, 6.45) is 11.6. The van der Waals surface area contributed by atoms with Gasteiger partial charge in [-0.3, -0.25) is 19.4 Å². The number of rotatable bonds is 11. The lowest BCUT2D eigenvalue weighted by molar-refractivity contribution is -0.159. The summed E-state index contributed by atoms with van der Waals surface area (Å²) in [6, 6.07) is 0. The van der Waals surface area contributed by atoms with Gasteiger partial charge in [-0.2, -0.15) is 0 Å². The van der Waals surface area contributed by atoms with Gasteiger partial charge in [-0.25, -0.2) is 0 Å². The molecule has 216 valence electrons. The van der Waals surface area contributed by atoms with Gasteiger partial charge in [0, 0.05) is 54.3 Å². The van der Waals surface area contributed by atoms with Gasteiger partial charge in [0.15, 0.2) is 0 Å². The summed E-state index contributed by atoms with van der Waals surface area (Å²) in [4.78, 5) is 29.7. The fourth-order valence-corrected chi connectivity index (χ4v) is 6.50. The highest BCUT2D eigenvalue weighted by Gasteiger charge is 2.44. The smallest absolute Gasteiger partial charge is 0.306 e. The van der Waals surface area contributed by atoms with Gasteiger partial charge < -0.3 is 9.47 Å². The van der Waals surface area contributed by atoms with E-state index in [1.807, 2.05) is 0 Å². The van der Waals surface area contributed by atoms with Crippen molar-refractivity contribution >= 4 is 11.9 Å². The molecule has 2 heterocycles. The van der Waals surface area contributed by atoms with Crippen molar-refractivity contribution in [3.63, 3.8) is 0 Å². The third kappa shape index (κ3) is 9.53. The Kier molecular flexibility index (Phi) is 11.1. The van der Waals surface area contributed by atoms with Crippen molar-refractivity contribution < 1.29 is 19.1 Å². The molecule has 1 unspecified atom stereocenters. The first kappa shape index (κ1) is 32.1. The molecule has 0 aliphatic carbocycles. The molecule has 1 atom stereocenters. The quantitative estimate of drug-likeness (QED) is 0.218. The summed E-state index contributed by atoms with van der Waals surface area (Å²) >= 11 is 0. The Morgan fingerprint density at radius 3 is 1.41 bits per heavy atom. The maximum atomic E-state index is 12.5. The van der Waals surface area contributed by atoms with Gasteiger partial charge in [0.2, 0.25) is 0 Å². The minimum atomic E-state index is -0.0554. The predicted octanol–water partition coefficient (Wildman–Crippen LogP) is 6.89. The van der Waals surface area contributed by atoms with Crippen LogP contribution in [0.1, 0.15) is 139 Å². The van der Waals surface area contributed by atoms with E-state index < -0.39 is 0 Å². The molecule has 0 aromatic rings. The molecule has 0 spiro atoms. The van der Waals surface area contributed by atoms with E-state index in [2.05, 4.69) is 79.3 Å². The second kappa shape index (κ2) is 12.8. The van der Waals surface area contributed by atoms with Crippen LogP contribution in [-0.4, -0.2) is 70.2 Å². The summed E-state index contributed by atoms with van der Waals surface area (Å²) in [6.45, 7) is 18.0. The number of nitrogens with zero attached hydrogens (tertiary/aromatic N) is 2. The lowest BCUT2D eigenvalue weighted by Gasteiger charge is -2.53.